The third-order valence-corrected chi connectivity index (χ3v) is 0.789. The zero-order valence-electron chi connectivity index (χ0n) is 5.02. The summed E-state index contributed by atoms with van der Waals surface area (Å²) in [5.74, 6) is 5.43. The van der Waals surface area contributed by atoms with Crippen LogP contribution in [0.2, 0.25) is 0 Å². The maximum absolute atomic E-state index is 5.43. The van der Waals surface area contributed by atoms with E-state index in [-0.39, 0.29) is 29.5 Å². The molecule has 0 aromatic heterocycles. The molecule has 0 aromatic rings. The van der Waals surface area contributed by atoms with Crippen molar-refractivity contribution in [2.45, 2.75) is 0 Å². The van der Waals surface area contributed by atoms with E-state index in [1.165, 1.54) is 0 Å². The fourth-order valence-electron chi connectivity index (χ4n) is 0.433. The summed E-state index contributed by atoms with van der Waals surface area (Å²) in [6.07, 6.45) is 5.29. The standard InChI is InChI=1S/C4H8N3.2ClH/c1-7(5)4-2-3-6-7;;/h2-4H,5H2,1H3;2*1H/q+1;;. The molecule has 5 heteroatoms. The van der Waals surface area contributed by atoms with E-state index in [1.54, 1.807) is 19.5 Å². The second kappa shape index (κ2) is 3.85. The van der Waals surface area contributed by atoms with Crippen molar-refractivity contribution in [1.82, 2.24) is 0 Å². The predicted octanol–water partition coefficient (Wildman–Crippen LogP) is 0.663. The van der Waals surface area contributed by atoms with E-state index < -0.39 is 0 Å². The van der Waals surface area contributed by atoms with Crippen LogP contribution in [0.3, 0.4) is 0 Å². The van der Waals surface area contributed by atoms with Crippen LogP contribution < -0.4 is 5.84 Å². The van der Waals surface area contributed by atoms with Crippen molar-refractivity contribution in [1.29, 1.82) is 0 Å². The molecule has 0 saturated heterocycles. The monoisotopic (exact) mass is 170 g/mol. The average Bonchev–Trinajstić information content (AvgIpc) is 1.84. The molecule has 0 saturated carbocycles. The Bertz CT molecular complexity index is 116. The number of hydrogen-bond donors (Lipinski definition) is 1. The lowest BCUT2D eigenvalue weighted by atomic mass is 10.7. The summed E-state index contributed by atoms with van der Waals surface area (Å²) in [6, 6.07) is 0. The van der Waals surface area contributed by atoms with E-state index >= 15 is 0 Å². The van der Waals surface area contributed by atoms with Gasteiger partial charge in [0.05, 0.1) is 6.21 Å². The number of halogens is 2. The van der Waals surface area contributed by atoms with Gasteiger partial charge in [0.1, 0.15) is 13.2 Å². The lowest BCUT2D eigenvalue weighted by Gasteiger charge is -2.09. The van der Waals surface area contributed by atoms with Crippen LogP contribution in [0.4, 0.5) is 0 Å². The Hall–Kier alpha value is -0.0900. The number of hydrogen-bond acceptors (Lipinski definition) is 2. The molecular weight excluding hydrogens is 161 g/mol. The fraction of sp³-hybridized carbons (Fsp3) is 0.250. The molecule has 54 valence electrons. The molecule has 2 N–H and O–H groups in total. The van der Waals surface area contributed by atoms with Crippen LogP contribution >= 0.6 is 24.8 Å². The van der Waals surface area contributed by atoms with E-state index in [4.69, 9.17) is 5.84 Å². The van der Waals surface area contributed by atoms with Gasteiger partial charge in [0.25, 0.3) is 0 Å². The minimum Gasteiger partial charge on any atom is -0.149 e. The molecule has 1 aliphatic heterocycles. The Morgan fingerprint density at radius 2 is 2.00 bits per heavy atom. The van der Waals surface area contributed by atoms with E-state index in [2.05, 4.69) is 5.10 Å². The Morgan fingerprint density at radius 1 is 1.44 bits per heavy atom. The summed E-state index contributed by atoms with van der Waals surface area (Å²) in [4.78, 5) is 0. The summed E-state index contributed by atoms with van der Waals surface area (Å²) < 4.78 is 0.139. The summed E-state index contributed by atoms with van der Waals surface area (Å²) in [7, 11) is 1.79. The van der Waals surface area contributed by atoms with E-state index in [9.17, 15) is 0 Å². The second-order valence-corrected chi connectivity index (χ2v) is 1.70. The largest absolute Gasteiger partial charge is 0.149 e. The molecule has 0 aliphatic carbocycles. The van der Waals surface area contributed by atoms with Crippen molar-refractivity contribution in [3.05, 3.63) is 12.3 Å². The van der Waals surface area contributed by atoms with Gasteiger partial charge in [0, 0.05) is 6.08 Å². The van der Waals surface area contributed by atoms with Crippen LogP contribution in [0, 0.1) is 0 Å². The number of nitrogens with zero attached hydrogens (tertiary/aromatic N) is 2. The Labute approximate surface area is 66.6 Å². The Balaban J connectivity index is 0. The van der Waals surface area contributed by atoms with Crippen molar-refractivity contribution >= 4 is 31.0 Å². The molecule has 1 aliphatic rings. The predicted molar refractivity (Wildman–Crippen MR) is 42.5 cm³/mol. The molecule has 0 spiro atoms. The van der Waals surface area contributed by atoms with Gasteiger partial charge in [-0.3, -0.25) is 0 Å². The van der Waals surface area contributed by atoms with Gasteiger partial charge in [-0.15, -0.1) is 35.4 Å². The second-order valence-electron chi connectivity index (χ2n) is 1.70. The average molecular weight is 171 g/mol. The van der Waals surface area contributed by atoms with Gasteiger partial charge in [0.2, 0.25) is 0 Å². The van der Waals surface area contributed by atoms with Crippen molar-refractivity contribution in [3.8, 4) is 0 Å². The molecule has 9 heavy (non-hydrogen) atoms. The van der Waals surface area contributed by atoms with Crippen molar-refractivity contribution < 1.29 is 4.70 Å². The summed E-state index contributed by atoms with van der Waals surface area (Å²) in [6.45, 7) is 0. The molecule has 0 radical (unpaired) electrons. The van der Waals surface area contributed by atoms with Crippen LogP contribution in [0.5, 0.6) is 0 Å². The van der Waals surface area contributed by atoms with Gasteiger partial charge in [-0.2, -0.15) is 0 Å². The lowest BCUT2D eigenvalue weighted by Crippen LogP contribution is -2.37. The molecular formula is C4H10Cl2N3+. The van der Waals surface area contributed by atoms with Crippen LogP contribution in [-0.2, 0) is 0 Å². The minimum atomic E-state index is 0. The van der Waals surface area contributed by atoms with Gasteiger partial charge in [-0.1, -0.05) is 5.10 Å². The van der Waals surface area contributed by atoms with E-state index in [0.717, 1.165) is 0 Å². The molecule has 1 atom stereocenters. The molecule has 0 amide bonds. The third kappa shape index (κ3) is 3.48. The topological polar surface area (TPSA) is 38.4 Å². The highest BCUT2D eigenvalue weighted by Crippen LogP contribution is 1.98. The van der Waals surface area contributed by atoms with Gasteiger partial charge < -0.3 is 0 Å². The summed E-state index contributed by atoms with van der Waals surface area (Å²) >= 11 is 0. The van der Waals surface area contributed by atoms with Crippen LogP contribution in [-0.4, -0.2) is 18.0 Å². The molecule has 1 heterocycles. The molecule has 0 aromatic carbocycles. The third-order valence-electron chi connectivity index (χ3n) is 0.789. The van der Waals surface area contributed by atoms with Crippen molar-refractivity contribution in [3.63, 3.8) is 0 Å². The molecule has 1 rings (SSSR count). The number of rotatable bonds is 0. The maximum atomic E-state index is 5.43. The minimum absolute atomic E-state index is 0. The maximum Gasteiger partial charge on any atom is 0.144 e. The van der Waals surface area contributed by atoms with Crippen molar-refractivity contribution in [2.75, 3.05) is 7.05 Å². The smallest absolute Gasteiger partial charge is 0.144 e. The normalized spacial score (nSPS) is 29.1. The van der Waals surface area contributed by atoms with Gasteiger partial charge in [-0.25, -0.2) is 0 Å². The fourth-order valence-corrected chi connectivity index (χ4v) is 0.433. The zero-order chi connectivity index (χ0) is 5.33. The highest BCUT2D eigenvalue weighted by molar-refractivity contribution is 5.85. The highest BCUT2D eigenvalue weighted by atomic mass is 35.5. The Morgan fingerprint density at radius 3 is 2.11 bits per heavy atom. The number of quaternary nitrogens is 1. The first-order valence-corrected chi connectivity index (χ1v) is 2.09. The highest BCUT2D eigenvalue weighted by Gasteiger charge is 2.11. The number of nitrogens with two attached hydrogens (primary N) is 1. The zero-order valence-corrected chi connectivity index (χ0v) is 6.65. The van der Waals surface area contributed by atoms with Gasteiger partial charge in [0.15, 0.2) is 0 Å². The SMILES string of the molecule is C[N+]1(N)C=CC=N1.Cl.Cl. The number of allylic oxidation sites excluding steroid dienone is 1. The summed E-state index contributed by atoms with van der Waals surface area (Å²) in [5, 5.41) is 3.85. The lowest BCUT2D eigenvalue weighted by molar-refractivity contribution is -0.875. The quantitative estimate of drug-likeness (QED) is 0.422. The summed E-state index contributed by atoms with van der Waals surface area (Å²) in [5.41, 5.74) is 0. The van der Waals surface area contributed by atoms with Crippen LogP contribution in [0.25, 0.3) is 0 Å². The first-order chi connectivity index (χ1) is 3.21. The Kier molecular flexibility index (Phi) is 4.99. The molecule has 0 bridgehead atoms. The molecule has 0 fully saturated rings. The van der Waals surface area contributed by atoms with Gasteiger partial charge in [-0.05, 0) is 0 Å². The van der Waals surface area contributed by atoms with Crippen LogP contribution in [0.1, 0.15) is 0 Å². The first kappa shape index (κ1) is 11.7. The van der Waals surface area contributed by atoms with Gasteiger partial charge >= 0.3 is 0 Å². The van der Waals surface area contributed by atoms with Crippen molar-refractivity contribution in [2.24, 2.45) is 10.9 Å². The molecule has 1 unspecified atom stereocenters. The van der Waals surface area contributed by atoms with E-state index in [0.29, 0.717) is 0 Å². The van der Waals surface area contributed by atoms with E-state index in [1.807, 2.05) is 6.08 Å². The molecule has 3 nitrogen and oxygen atoms in total. The van der Waals surface area contributed by atoms with Crippen LogP contribution in [0.15, 0.2) is 17.4 Å². The first-order valence-electron chi connectivity index (χ1n) is 2.09.